The minimum Gasteiger partial charge on any atom is -0.496 e. The fourth-order valence-corrected chi connectivity index (χ4v) is 2.02. The van der Waals surface area contributed by atoms with Crippen LogP contribution >= 0.6 is 0 Å². The highest BCUT2D eigenvalue weighted by Gasteiger charge is 2.08. The Hall–Kier alpha value is -1.79. The van der Waals surface area contributed by atoms with Crippen molar-refractivity contribution >= 4 is 5.84 Å². The molecule has 0 aliphatic rings. The van der Waals surface area contributed by atoms with E-state index in [-0.39, 0.29) is 5.84 Å². The molecule has 0 aromatic heterocycles. The van der Waals surface area contributed by atoms with Crippen molar-refractivity contribution < 1.29 is 9.94 Å². The molecule has 0 heterocycles. The monoisotopic (exact) mass is 294 g/mol. The molecular formula is C15H26N4O2. The van der Waals surface area contributed by atoms with Crippen molar-refractivity contribution in [3.8, 4) is 5.75 Å². The van der Waals surface area contributed by atoms with Crippen LogP contribution in [0.2, 0.25) is 0 Å². The molecule has 0 aliphatic carbocycles. The van der Waals surface area contributed by atoms with E-state index in [9.17, 15) is 0 Å². The van der Waals surface area contributed by atoms with Gasteiger partial charge < -0.3 is 25.9 Å². The minimum absolute atomic E-state index is 0.0510. The maximum atomic E-state index is 8.73. The van der Waals surface area contributed by atoms with Crippen molar-refractivity contribution in [1.29, 1.82) is 0 Å². The number of nitrogens with zero attached hydrogens (tertiary/aromatic N) is 2. The maximum absolute atomic E-state index is 8.73. The number of rotatable bonds is 9. The largest absolute Gasteiger partial charge is 0.496 e. The third-order valence-electron chi connectivity index (χ3n) is 3.19. The molecule has 0 fully saturated rings. The average molecular weight is 294 g/mol. The van der Waals surface area contributed by atoms with E-state index in [0.29, 0.717) is 11.3 Å². The number of benzene rings is 1. The Morgan fingerprint density at radius 1 is 1.38 bits per heavy atom. The first kappa shape index (κ1) is 17.3. The summed E-state index contributed by atoms with van der Waals surface area (Å²) in [5, 5.41) is 15.1. The molecule has 1 aromatic rings. The Morgan fingerprint density at radius 3 is 2.76 bits per heavy atom. The SMILES string of the molecule is COc1cc(CNCCCCN(C)C)ccc1/C(N)=N/O. The van der Waals surface area contributed by atoms with Gasteiger partial charge in [-0.25, -0.2) is 0 Å². The van der Waals surface area contributed by atoms with Crippen LogP contribution in [0.5, 0.6) is 5.75 Å². The summed E-state index contributed by atoms with van der Waals surface area (Å²) in [4.78, 5) is 2.19. The van der Waals surface area contributed by atoms with E-state index in [0.717, 1.165) is 31.6 Å². The highest BCUT2D eigenvalue weighted by Crippen LogP contribution is 2.20. The zero-order valence-electron chi connectivity index (χ0n) is 13.1. The number of methoxy groups -OCH3 is 1. The van der Waals surface area contributed by atoms with Crippen LogP contribution in [0.25, 0.3) is 0 Å². The Kier molecular flexibility index (Phi) is 7.56. The van der Waals surface area contributed by atoms with Crippen molar-refractivity contribution in [1.82, 2.24) is 10.2 Å². The molecule has 0 unspecified atom stereocenters. The van der Waals surface area contributed by atoms with Gasteiger partial charge in [0.15, 0.2) is 5.84 Å². The summed E-state index contributed by atoms with van der Waals surface area (Å²) < 4.78 is 5.27. The summed E-state index contributed by atoms with van der Waals surface area (Å²) >= 11 is 0. The van der Waals surface area contributed by atoms with E-state index >= 15 is 0 Å². The van der Waals surface area contributed by atoms with Crippen LogP contribution in [-0.2, 0) is 6.54 Å². The second-order valence-corrected chi connectivity index (χ2v) is 5.21. The highest BCUT2D eigenvalue weighted by atomic mass is 16.5. The fraction of sp³-hybridized carbons (Fsp3) is 0.533. The summed E-state index contributed by atoms with van der Waals surface area (Å²) in [6.07, 6.45) is 2.34. The molecule has 0 atom stereocenters. The second kappa shape index (κ2) is 9.20. The van der Waals surface area contributed by atoms with Crippen molar-refractivity contribution in [2.75, 3.05) is 34.3 Å². The normalized spacial score (nSPS) is 11.9. The van der Waals surface area contributed by atoms with Crippen molar-refractivity contribution in [2.24, 2.45) is 10.9 Å². The van der Waals surface area contributed by atoms with Gasteiger partial charge in [0.05, 0.1) is 12.7 Å². The Morgan fingerprint density at radius 2 is 2.14 bits per heavy atom. The van der Waals surface area contributed by atoms with Gasteiger partial charge in [0.2, 0.25) is 0 Å². The number of nitrogens with two attached hydrogens (primary N) is 1. The van der Waals surface area contributed by atoms with E-state index in [1.54, 1.807) is 13.2 Å². The first-order valence-corrected chi connectivity index (χ1v) is 7.08. The van der Waals surface area contributed by atoms with E-state index in [1.807, 2.05) is 12.1 Å². The minimum atomic E-state index is 0.0510. The summed E-state index contributed by atoms with van der Waals surface area (Å²) in [6, 6.07) is 5.65. The number of nitrogens with one attached hydrogen (secondary N) is 1. The van der Waals surface area contributed by atoms with Crippen LogP contribution in [-0.4, -0.2) is 50.2 Å². The number of hydrogen-bond donors (Lipinski definition) is 3. The highest BCUT2D eigenvalue weighted by molar-refractivity contribution is 5.99. The number of ether oxygens (including phenoxy) is 1. The van der Waals surface area contributed by atoms with Crippen LogP contribution in [0.4, 0.5) is 0 Å². The van der Waals surface area contributed by atoms with E-state index in [4.69, 9.17) is 15.7 Å². The van der Waals surface area contributed by atoms with E-state index < -0.39 is 0 Å². The lowest BCUT2D eigenvalue weighted by molar-refractivity contribution is 0.318. The van der Waals surface area contributed by atoms with Crippen LogP contribution < -0.4 is 15.8 Å². The molecule has 0 spiro atoms. The molecule has 0 saturated carbocycles. The second-order valence-electron chi connectivity index (χ2n) is 5.21. The summed E-state index contributed by atoms with van der Waals surface area (Å²) in [6.45, 7) is 2.87. The van der Waals surface area contributed by atoms with Crippen LogP contribution in [0, 0.1) is 0 Å². The average Bonchev–Trinajstić information content (AvgIpc) is 2.49. The van der Waals surface area contributed by atoms with Crippen LogP contribution in [0.15, 0.2) is 23.4 Å². The molecule has 0 amide bonds. The summed E-state index contributed by atoms with van der Waals surface area (Å²) in [7, 11) is 5.74. The quantitative estimate of drug-likeness (QED) is 0.210. The lowest BCUT2D eigenvalue weighted by atomic mass is 10.1. The summed E-state index contributed by atoms with van der Waals surface area (Å²) in [5.41, 5.74) is 7.30. The van der Waals surface area contributed by atoms with Gasteiger partial charge in [-0.2, -0.15) is 0 Å². The molecule has 118 valence electrons. The van der Waals surface area contributed by atoms with Gasteiger partial charge in [0, 0.05) is 6.54 Å². The topological polar surface area (TPSA) is 83.1 Å². The zero-order chi connectivity index (χ0) is 15.7. The molecule has 0 bridgehead atoms. The first-order chi connectivity index (χ1) is 10.1. The molecule has 4 N–H and O–H groups in total. The zero-order valence-corrected chi connectivity index (χ0v) is 13.1. The van der Waals surface area contributed by atoms with Gasteiger partial charge in [0.1, 0.15) is 5.75 Å². The number of oxime groups is 1. The van der Waals surface area contributed by atoms with Crippen LogP contribution in [0.3, 0.4) is 0 Å². The molecule has 0 aliphatic heterocycles. The Labute approximate surface area is 126 Å². The number of amidine groups is 1. The van der Waals surface area contributed by atoms with Gasteiger partial charge in [-0.1, -0.05) is 11.2 Å². The molecule has 6 nitrogen and oxygen atoms in total. The van der Waals surface area contributed by atoms with Gasteiger partial charge >= 0.3 is 0 Å². The van der Waals surface area contributed by atoms with Crippen molar-refractivity contribution in [2.45, 2.75) is 19.4 Å². The van der Waals surface area contributed by atoms with Gasteiger partial charge in [-0.15, -0.1) is 0 Å². The molecule has 0 saturated heterocycles. The molecular weight excluding hydrogens is 268 g/mol. The third-order valence-corrected chi connectivity index (χ3v) is 3.19. The predicted molar refractivity (Wildman–Crippen MR) is 85.0 cm³/mol. The summed E-state index contributed by atoms with van der Waals surface area (Å²) in [5.74, 6) is 0.659. The lowest BCUT2D eigenvalue weighted by Gasteiger charge is -2.11. The molecule has 6 heteroatoms. The third kappa shape index (κ3) is 6.01. The lowest BCUT2D eigenvalue weighted by Crippen LogP contribution is -2.18. The van der Waals surface area contributed by atoms with Crippen LogP contribution in [0.1, 0.15) is 24.0 Å². The molecule has 1 aromatic carbocycles. The standard InChI is InChI=1S/C15H26N4O2/c1-19(2)9-5-4-8-17-11-12-6-7-13(15(16)18-20)14(10-12)21-3/h6-7,10,17,20H,4-5,8-9,11H2,1-3H3,(H2,16,18). The molecule has 21 heavy (non-hydrogen) atoms. The molecule has 0 radical (unpaired) electrons. The molecule has 1 rings (SSSR count). The van der Waals surface area contributed by atoms with Gasteiger partial charge in [-0.05, 0) is 57.7 Å². The Balaban J connectivity index is 2.46. The van der Waals surface area contributed by atoms with E-state index in [2.05, 4.69) is 29.5 Å². The Bertz CT molecular complexity index is 461. The van der Waals surface area contributed by atoms with Crippen molar-refractivity contribution in [3.05, 3.63) is 29.3 Å². The van der Waals surface area contributed by atoms with Crippen molar-refractivity contribution in [3.63, 3.8) is 0 Å². The number of unbranched alkanes of at least 4 members (excludes halogenated alkanes) is 1. The maximum Gasteiger partial charge on any atom is 0.173 e. The van der Waals surface area contributed by atoms with E-state index in [1.165, 1.54) is 6.42 Å². The fourth-order valence-electron chi connectivity index (χ4n) is 2.02. The number of hydrogen-bond acceptors (Lipinski definition) is 5. The smallest absolute Gasteiger partial charge is 0.173 e. The van der Waals surface area contributed by atoms with Gasteiger partial charge in [-0.3, -0.25) is 0 Å². The first-order valence-electron chi connectivity index (χ1n) is 7.08. The predicted octanol–water partition coefficient (Wildman–Crippen LogP) is 1.22. The van der Waals surface area contributed by atoms with Gasteiger partial charge in [0.25, 0.3) is 0 Å².